The molecule has 0 N–H and O–H groups in total. The minimum absolute atomic E-state index is 0.713. The van der Waals surface area contributed by atoms with Crippen LogP contribution < -0.4 is 9.47 Å². The lowest BCUT2D eigenvalue weighted by Gasteiger charge is -2.26. The van der Waals surface area contributed by atoms with Gasteiger partial charge >= 0.3 is 0 Å². The van der Waals surface area contributed by atoms with Crippen LogP contribution in [0.2, 0.25) is 0 Å². The van der Waals surface area contributed by atoms with Crippen LogP contribution >= 0.6 is 11.3 Å². The Hall–Kier alpha value is -1.56. The second-order valence-electron chi connectivity index (χ2n) is 7.04. The highest BCUT2D eigenvalue weighted by molar-refractivity contribution is 7.07. The number of piperidine rings is 1. The maximum atomic E-state index is 6.08. The molecule has 2 heterocycles. The molecule has 26 heavy (non-hydrogen) atoms. The van der Waals surface area contributed by atoms with Crippen molar-refractivity contribution in [3.05, 3.63) is 46.2 Å². The van der Waals surface area contributed by atoms with E-state index in [9.17, 15) is 0 Å². The monoisotopic (exact) mass is 374 g/mol. The Morgan fingerprint density at radius 2 is 1.85 bits per heavy atom. The highest BCUT2D eigenvalue weighted by Crippen LogP contribution is 2.28. The van der Waals surface area contributed by atoms with E-state index in [4.69, 9.17) is 9.47 Å². The first-order valence-electron chi connectivity index (χ1n) is 9.46. The second-order valence-corrected chi connectivity index (χ2v) is 7.82. The Kier molecular flexibility index (Phi) is 7.35. The molecule has 0 atom stereocenters. The molecule has 0 bridgehead atoms. The number of rotatable bonds is 9. The van der Waals surface area contributed by atoms with E-state index in [-0.39, 0.29) is 0 Å². The van der Waals surface area contributed by atoms with Crippen molar-refractivity contribution >= 4 is 11.3 Å². The average Bonchev–Trinajstić information content (AvgIpc) is 3.16. The highest BCUT2D eigenvalue weighted by atomic mass is 32.1. The number of likely N-dealkylation sites (tertiary alicyclic amines) is 1. The van der Waals surface area contributed by atoms with Gasteiger partial charge in [-0.25, -0.2) is 0 Å². The fraction of sp³-hybridized carbons (Fsp3) is 0.524. The molecule has 1 aromatic carbocycles. The Balaban J connectivity index is 1.54. The number of hydrogen-bond acceptors (Lipinski definition) is 5. The van der Waals surface area contributed by atoms with Gasteiger partial charge in [-0.3, -0.25) is 9.80 Å². The van der Waals surface area contributed by atoms with Gasteiger partial charge in [0.05, 0.1) is 7.11 Å². The summed E-state index contributed by atoms with van der Waals surface area (Å²) in [5, 5.41) is 4.34. The molecule has 1 saturated heterocycles. The van der Waals surface area contributed by atoms with Crippen molar-refractivity contribution < 1.29 is 9.47 Å². The Bertz CT molecular complexity index is 654. The van der Waals surface area contributed by atoms with Gasteiger partial charge < -0.3 is 9.47 Å². The lowest BCUT2D eigenvalue weighted by molar-refractivity contribution is 0.180. The zero-order valence-corrected chi connectivity index (χ0v) is 16.8. The molecule has 0 aliphatic carbocycles. The molecule has 0 unspecified atom stereocenters. The van der Waals surface area contributed by atoms with Gasteiger partial charge in [0.2, 0.25) is 0 Å². The Morgan fingerprint density at radius 1 is 1.04 bits per heavy atom. The molecule has 1 aliphatic heterocycles. The van der Waals surface area contributed by atoms with Crippen molar-refractivity contribution in [1.82, 2.24) is 9.80 Å². The maximum absolute atomic E-state index is 6.08. The van der Waals surface area contributed by atoms with Crippen LogP contribution in [0.4, 0.5) is 0 Å². The molecule has 2 aromatic rings. The summed E-state index contributed by atoms with van der Waals surface area (Å²) in [5.41, 5.74) is 2.61. The van der Waals surface area contributed by atoms with Crippen molar-refractivity contribution in [2.45, 2.75) is 32.4 Å². The summed E-state index contributed by atoms with van der Waals surface area (Å²) in [4.78, 5) is 4.82. The van der Waals surface area contributed by atoms with Crippen LogP contribution in [0.15, 0.2) is 35.0 Å². The fourth-order valence-corrected chi connectivity index (χ4v) is 4.12. The third kappa shape index (κ3) is 5.73. The third-order valence-corrected chi connectivity index (χ3v) is 5.56. The highest BCUT2D eigenvalue weighted by Gasteiger charge is 2.12. The van der Waals surface area contributed by atoms with Crippen LogP contribution in [0.5, 0.6) is 11.5 Å². The van der Waals surface area contributed by atoms with Gasteiger partial charge in [-0.05, 0) is 73.1 Å². The molecule has 1 aromatic heterocycles. The summed E-state index contributed by atoms with van der Waals surface area (Å²) in [6, 6.07) is 8.45. The lowest BCUT2D eigenvalue weighted by Crippen LogP contribution is -2.33. The molecule has 4 nitrogen and oxygen atoms in total. The molecule has 142 valence electrons. The van der Waals surface area contributed by atoms with Crippen LogP contribution in [-0.2, 0) is 13.1 Å². The predicted molar refractivity (Wildman–Crippen MR) is 108 cm³/mol. The SMILES string of the molecule is COc1ccc(CN(C)Cc2ccsc2)cc1OCCN1CCCCC1. The van der Waals surface area contributed by atoms with Gasteiger partial charge in [-0.1, -0.05) is 12.5 Å². The zero-order valence-electron chi connectivity index (χ0n) is 15.9. The van der Waals surface area contributed by atoms with Crippen LogP contribution in [0.25, 0.3) is 0 Å². The van der Waals surface area contributed by atoms with Gasteiger partial charge in [0.25, 0.3) is 0 Å². The number of thiophene rings is 1. The first-order valence-corrected chi connectivity index (χ1v) is 10.4. The van der Waals surface area contributed by atoms with E-state index < -0.39 is 0 Å². The molecular formula is C21H30N2O2S. The van der Waals surface area contributed by atoms with E-state index >= 15 is 0 Å². The van der Waals surface area contributed by atoms with E-state index in [1.807, 2.05) is 6.07 Å². The van der Waals surface area contributed by atoms with E-state index in [1.54, 1.807) is 18.4 Å². The van der Waals surface area contributed by atoms with Gasteiger partial charge in [0.1, 0.15) is 6.61 Å². The van der Waals surface area contributed by atoms with Crippen molar-refractivity contribution in [2.24, 2.45) is 0 Å². The molecule has 0 spiro atoms. The van der Waals surface area contributed by atoms with Gasteiger partial charge in [-0.2, -0.15) is 11.3 Å². The summed E-state index contributed by atoms with van der Waals surface area (Å²) in [6.45, 7) is 5.96. The minimum atomic E-state index is 0.713. The molecule has 1 fully saturated rings. The molecule has 0 radical (unpaired) electrons. The van der Waals surface area contributed by atoms with Crippen LogP contribution in [-0.4, -0.2) is 50.2 Å². The quantitative estimate of drug-likeness (QED) is 0.655. The number of methoxy groups -OCH3 is 1. The third-order valence-electron chi connectivity index (χ3n) is 4.83. The van der Waals surface area contributed by atoms with Gasteiger partial charge in [0, 0.05) is 19.6 Å². The second kappa shape index (κ2) is 9.95. The zero-order chi connectivity index (χ0) is 18.2. The fourth-order valence-electron chi connectivity index (χ4n) is 3.46. The molecule has 0 saturated carbocycles. The van der Waals surface area contributed by atoms with E-state index in [0.717, 1.165) is 31.1 Å². The largest absolute Gasteiger partial charge is 0.493 e. The summed E-state index contributed by atoms with van der Waals surface area (Å²) >= 11 is 1.75. The van der Waals surface area contributed by atoms with Crippen LogP contribution in [0.1, 0.15) is 30.4 Å². The van der Waals surface area contributed by atoms with E-state index in [2.05, 4.69) is 45.8 Å². The average molecular weight is 375 g/mol. The Labute approximate surface area is 161 Å². The smallest absolute Gasteiger partial charge is 0.161 e. The van der Waals surface area contributed by atoms with E-state index in [0.29, 0.717) is 6.61 Å². The molecular weight excluding hydrogens is 344 g/mol. The first kappa shape index (κ1) is 19.2. The van der Waals surface area contributed by atoms with E-state index in [1.165, 1.54) is 43.5 Å². The van der Waals surface area contributed by atoms with Gasteiger partial charge in [0.15, 0.2) is 11.5 Å². The molecule has 1 aliphatic rings. The molecule has 3 rings (SSSR count). The standard InChI is InChI=1S/C21H30N2O2S/c1-22(16-19-8-13-26-17-19)15-18-6-7-20(24-2)21(14-18)25-12-11-23-9-4-3-5-10-23/h6-8,13-14,17H,3-5,9-12,15-16H2,1-2H3. The number of ether oxygens (including phenoxy) is 2. The maximum Gasteiger partial charge on any atom is 0.161 e. The summed E-state index contributed by atoms with van der Waals surface area (Å²) in [6.07, 6.45) is 4.00. The van der Waals surface area contributed by atoms with Crippen molar-refractivity contribution in [2.75, 3.05) is 40.4 Å². The van der Waals surface area contributed by atoms with Crippen molar-refractivity contribution in [3.8, 4) is 11.5 Å². The van der Waals surface area contributed by atoms with Crippen molar-refractivity contribution in [3.63, 3.8) is 0 Å². The number of hydrogen-bond donors (Lipinski definition) is 0. The normalized spacial score (nSPS) is 15.3. The topological polar surface area (TPSA) is 24.9 Å². The minimum Gasteiger partial charge on any atom is -0.493 e. The summed E-state index contributed by atoms with van der Waals surface area (Å²) < 4.78 is 11.6. The summed E-state index contributed by atoms with van der Waals surface area (Å²) in [7, 11) is 3.86. The first-order chi connectivity index (χ1) is 12.7. The molecule has 5 heteroatoms. The molecule has 0 amide bonds. The number of benzene rings is 1. The number of nitrogens with zero attached hydrogens (tertiary/aromatic N) is 2. The summed E-state index contributed by atoms with van der Waals surface area (Å²) in [5.74, 6) is 1.67. The van der Waals surface area contributed by atoms with Crippen LogP contribution in [0, 0.1) is 0 Å². The van der Waals surface area contributed by atoms with Gasteiger partial charge in [-0.15, -0.1) is 0 Å². The lowest BCUT2D eigenvalue weighted by atomic mass is 10.1. The van der Waals surface area contributed by atoms with Crippen molar-refractivity contribution in [1.29, 1.82) is 0 Å². The Morgan fingerprint density at radius 3 is 2.58 bits per heavy atom. The predicted octanol–water partition coefficient (Wildman–Crippen LogP) is 4.25. The van der Waals surface area contributed by atoms with Crippen LogP contribution in [0.3, 0.4) is 0 Å².